The van der Waals surface area contributed by atoms with Crippen molar-refractivity contribution in [3.05, 3.63) is 100 Å². The minimum absolute atomic E-state index is 0.00109. The van der Waals surface area contributed by atoms with Crippen LogP contribution in [0.2, 0.25) is 5.02 Å². The number of hydrogen-bond acceptors (Lipinski definition) is 7. The maximum atomic E-state index is 13.9. The number of alkyl halides is 3. The molecular formula is C28H17ClF6N8. The monoisotopic (exact) mass is 615 g/mol. The van der Waals surface area contributed by atoms with E-state index >= 15 is 0 Å². The van der Waals surface area contributed by atoms with Gasteiger partial charge in [0.15, 0.2) is 11.4 Å². The van der Waals surface area contributed by atoms with Crippen molar-refractivity contribution in [2.45, 2.75) is 30.6 Å². The van der Waals surface area contributed by atoms with Crippen LogP contribution in [0.5, 0.6) is 0 Å². The summed E-state index contributed by atoms with van der Waals surface area (Å²) in [7, 11) is 0. The fraction of sp³-hybridized carbons (Fsp3) is 0.179. The van der Waals surface area contributed by atoms with Gasteiger partial charge in [-0.1, -0.05) is 28.9 Å². The van der Waals surface area contributed by atoms with Gasteiger partial charge in [-0.3, -0.25) is 4.98 Å². The summed E-state index contributed by atoms with van der Waals surface area (Å²) in [5.74, 6) is -3.17. The molecule has 3 aromatic heterocycles. The highest BCUT2D eigenvalue weighted by molar-refractivity contribution is 6.36. The molecule has 2 aromatic carbocycles. The summed E-state index contributed by atoms with van der Waals surface area (Å²) in [6.45, 7) is 0. The molecule has 1 atom stereocenters. The lowest BCUT2D eigenvalue weighted by Gasteiger charge is -2.21. The molecule has 1 saturated carbocycles. The van der Waals surface area contributed by atoms with Crippen molar-refractivity contribution >= 4 is 39.6 Å². The number of aromatic nitrogens is 5. The van der Waals surface area contributed by atoms with Crippen LogP contribution in [0.3, 0.4) is 0 Å². The van der Waals surface area contributed by atoms with Gasteiger partial charge in [0.25, 0.3) is 0 Å². The molecule has 0 bridgehead atoms. The van der Waals surface area contributed by atoms with Crippen LogP contribution in [-0.2, 0) is 5.54 Å². The first-order valence-corrected chi connectivity index (χ1v) is 12.9. The van der Waals surface area contributed by atoms with Gasteiger partial charge in [0.1, 0.15) is 17.6 Å². The van der Waals surface area contributed by atoms with Crippen molar-refractivity contribution in [1.29, 1.82) is 5.26 Å². The molecule has 0 spiro atoms. The molecule has 2 N–H and O–H groups in total. The number of fused-ring (bicyclic) bond motifs is 1. The smallest absolute Gasteiger partial charge is 0.373 e. The predicted octanol–water partition coefficient (Wildman–Crippen LogP) is 7.16. The highest BCUT2D eigenvalue weighted by Crippen LogP contribution is 2.55. The first-order chi connectivity index (χ1) is 20.8. The summed E-state index contributed by atoms with van der Waals surface area (Å²) in [6, 6.07) is 8.20. The largest absolute Gasteiger partial charge is 0.413 e. The van der Waals surface area contributed by atoms with Gasteiger partial charge in [-0.25, -0.2) is 18.4 Å². The molecule has 0 saturated heterocycles. The third kappa shape index (κ3) is 5.16. The van der Waals surface area contributed by atoms with E-state index in [-0.39, 0.29) is 62.7 Å². The molecular weight excluding hydrogens is 598 g/mol. The van der Waals surface area contributed by atoms with Crippen LogP contribution in [0.25, 0.3) is 10.9 Å². The molecule has 5 aromatic rings. The van der Waals surface area contributed by atoms with Crippen LogP contribution in [0.15, 0.2) is 61.1 Å². The van der Waals surface area contributed by atoms with E-state index in [1.807, 2.05) is 6.07 Å². The lowest BCUT2D eigenvalue weighted by molar-refractivity contribution is -0.182. The number of rotatable bonds is 7. The first-order valence-electron chi connectivity index (χ1n) is 13.0. The van der Waals surface area contributed by atoms with Crippen LogP contribution in [0.4, 0.5) is 43.4 Å². The second kappa shape index (κ2) is 10.4. The summed E-state index contributed by atoms with van der Waals surface area (Å²) in [5.41, 5.74) is -1.95. The third-order valence-corrected chi connectivity index (χ3v) is 7.24. The minimum Gasteiger partial charge on any atom is -0.373 e. The highest BCUT2D eigenvalue weighted by atomic mass is 35.5. The van der Waals surface area contributed by atoms with E-state index in [1.54, 1.807) is 0 Å². The molecule has 0 amide bonds. The first kappa shape index (κ1) is 27.0. The molecule has 0 aliphatic heterocycles. The Kier molecular flexibility index (Phi) is 6.54. The standard InChI is InChI=1S/C28H17ClF6N8/c29-20-8-17(7-19-23(15(10-36)11-37-25(19)20)40-18-9-21(31)26(32)38-12-18)39-24(14-1-3-16(30)4-2-14)22-13-43(42-41-22)27(5-6-27)28(33,34)35/h1-4,7-9,11-13,24,39H,5-6H2,(H,37,40)/t24-/m1/s1/i24D. The van der Waals surface area contributed by atoms with Crippen LogP contribution < -0.4 is 10.6 Å². The van der Waals surface area contributed by atoms with Crippen molar-refractivity contribution in [2.24, 2.45) is 0 Å². The number of nitrogens with one attached hydrogen (secondary N) is 2. The topological polar surface area (TPSA) is 104 Å². The van der Waals surface area contributed by atoms with Crippen LogP contribution in [0, 0.1) is 28.9 Å². The average Bonchev–Trinajstić information content (AvgIpc) is 3.65. The Bertz CT molecular complexity index is 1960. The van der Waals surface area contributed by atoms with E-state index in [0.717, 1.165) is 30.6 Å². The van der Waals surface area contributed by atoms with Gasteiger partial charge in [-0.05, 0) is 42.7 Å². The van der Waals surface area contributed by atoms with Gasteiger partial charge < -0.3 is 10.6 Å². The molecule has 1 aliphatic carbocycles. The SMILES string of the molecule is [2H][C@@](Nc1cc(Cl)c2ncc(C#N)c(Nc3cnc(F)c(F)c3)c2c1)(c1ccc(F)cc1)c1cn(C2(C(F)(F)F)CC2)nn1. The van der Waals surface area contributed by atoms with E-state index < -0.39 is 35.3 Å². The van der Waals surface area contributed by atoms with E-state index in [4.69, 9.17) is 11.6 Å². The number of halogens is 7. The average molecular weight is 616 g/mol. The molecule has 3 heterocycles. The highest BCUT2D eigenvalue weighted by Gasteiger charge is 2.66. The fourth-order valence-corrected chi connectivity index (χ4v) is 4.85. The minimum atomic E-state index is -4.60. The van der Waals surface area contributed by atoms with Gasteiger partial charge in [-0.2, -0.15) is 22.8 Å². The van der Waals surface area contributed by atoms with E-state index in [0.29, 0.717) is 4.68 Å². The second-order valence-electron chi connectivity index (χ2n) is 9.72. The van der Waals surface area contributed by atoms with Gasteiger partial charge in [0.05, 0.1) is 47.3 Å². The second-order valence-corrected chi connectivity index (χ2v) is 10.1. The van der Waals surface area contributed by atoms with Crippen LogP contribution >= 0.6 is 11.6 Å². The fourth-order valence-electron chi connectivity index (χ4n) is 4.58. The van der Waals surface area contributed by atoms with E-state index in [1.165, 1.54) is 30.5 Å². The lowest BCUT2D eigenvalue weighted by atomic mass is 10.0. The molecule has 1 aliphatic rings. The Hall–Kier alpha value is -4.90. The van der Waals surface area contributed by atoms with E-state index in [2.05, 4.69) is 30.9 Å². The van der Waals surface area contributed by atoms with Gasteiger partial charge in [-0.15, -0.1) is 5.10 Å². The molecule has 8 nitrogen and oxygen atoms in total. The van der Waals surface area contributed by atoms with Gasteiger partial charge >= 0.3 is 6.18 Å². The summed E-state index contributed by atoms with van der Waals surface area (Å²) in [4.78, 5) is 7.54. The molecule has 218 valence electrons. The van der Waals surface area contributed by atoms with Gasteiger partial charge in [0.2, 0.25) is 5.95 Å². The molecule has 0 radical (unpaired) electrons. The summed E-state index contributed by atoms with van der Waals surface area (Å²) in [6.07, 6.45) is -1.76. The Morgan fingerprint density at radius 1 is 1.05 bits per heavy atom. The maximum absolute atomic E-state index is 13.9. The van der Waals surface area contributed by atoms with Gasteiger partial charge in [0, 0.05) is 23.3 Å². The summed E-state index contributed by atoms with van der Waals surface area (Å²) in [5, 5.41) is 23.3. The number of nitriles is 1. The van der Waals surface area contributed by atoms with Crippen molar-refractivity contribution in [1.82, 2.24) is 25.0 Å². The zero-order chi connectivity index (χ0) is 31.4. The Morgan fingerprint density at radius 3 is 2.44 bits per heavy atom. The van der Waals surface area contributed by atoms with Crippen molar-refractivity contribution in [3.63, 3.8) is 0 Å². The maximum Gasteiger partial charge on any atom is 0.413 e. The number of anilines is 3. The number of benzene rings is 2. The van der Waals surface area contributed by atoms with Crippen molar-refractivity contribution < 1.29 is 27.7 Å². The zero-order valence-electron chi connectivity index (χ0n) is 22.5. The predicted molar refractivity (Wildman–Crippen MR) is 144 cm³/mol. The summed E-state index contributed by atoms with van der Waals surface area (Å²) < 4.78 is 92.6. The number of pyridine rings is 2. The Labute approximate surface area is 245 Å². The molecule has 0 unspecified atom stereocenters. The lowest BCUT2D eigenvalue weighted by Crippen LogP contribution is -2.35. The van der Waals surface area contributed by atoms with Crippen molar-refractivity contribution in [2.75, 3.05) is 10.6 Å². The molecule has 6 rings (SSSR count). The summed E-state index contributed by atoms with van der Waals surface area (Å²) >= 11 is 6.54. The zero-order valence-corrected chi connectivity index (χ0v) is 22.3. The van der Waals surface area contributed by atoms with Crippen molar-refractivity contribution in [3.8, 4) is 6.07 Å². The number of nitrogens with zero attached hydrogens (tertiary/aromatic N) is 6. The normalized spacial score (nSPS) is 15.8. The molecule has 15 heteroatoms. The molecule has 43 heavy (non-hydrogen) atoms. The third-order valence-electron chi connectivity index (χ3n) is 6.95. The van der Waals surface area contributed by atoms with Crippen LogP contribution in [0.1, 0.15) is 37.1 Å². The Morgan fingerprint density at radius 2 is 1.79 bits per heavy atom. The Balaban J connectivity index is 1.47. The quantitative estimate of drug-likeness (QED) is 0.148. The molecule has 1 fully saturated rings. The van der Waals surface area contributed by atoms with E-state index in [9.17, 15) is 33.0 Å². The van der Waals surface area contributed by atoms with Crippen LogP contribution in [-0.4, -0.2) is 31.1 Å². The number of hydrogen-bond donors (Lipinski definition) is 2.